The predicted octanol–water partition coefficient (Wildman–Crippen LogP) is 3.37. The summed E-state index contributed by atoms with van der Waals surface area (Å²) in [5.74, 6) is 1.47. The van der Waals surface area contributed by atoms with Gasteiger partial charge < -0.3 is 5.73 Å². The summed E-state index contributed by atoms with van der Waals surface area (Å²) in [5, 5.41) is 0. The summed E-state index contributed by atoms with van der Waals surface area (Å²) < 4.78 is 13.6. The molecular weight excluding hydrogens is 271 g/mol. The van der Waals surface area contributed by atoms with Crippen molar-refractivity contribution in [3.05, 3.63) is 30.1 Å². The number of nitrogens with zero attached hydrogens (tertiary/aromatic N) is 1. The first-order valence-corrected chi connectivity index (χ1v) is 8.56. The Hall–Kier alpha value is -0.580. The SMILES string of the molecule is CCN(CCSc1ccccc1F)C1CCCC1CN. The molecule has 0 amide bonds. The van der Waals surface area contributed by atoms with Crippen molar-refractivity contribution in [2.75, 3.05) is 25.4 Å². The molecule has 0 saturated heterocycles. The Morgan fingerprint density at radius 1 is 1.35 bits per heavy atom. The minimum Gasteiger partial charge on any atom is -0.330 e. The van der Waals surface area contributed by atoms with Gasteiger partial charge >= 0.3 is 0 Å². The Morgan fingerprint density at radius 2 is 2.15 bits per heavy atom. The second-order valence-electron chi connectivity index (χ2n) is 5.40. The molecule has 0 bridgehead atoms. The Morgan fingerprint density at radius 3 is 2.85 bits per heavy atom. The number of benzene rings is 1. The van der Waals surface area contributed by atoms with E-state index in [-0.39, 0.29) is 5.82 Å². The van der Waals surface area contributed by atoms with Crippen LogP contribution in [-0.4, -0.2) is 36.3 Å². The van der Waals surface area contributed by atoms with Crippen LogP contribution in [0.5, 0.6) is 0 Å². The Kier molecular flexibility index (Phi) is 6.33. The lowest BCUT2D eigenvalue weighted by Gasteiger charge is -2.31. The molecule has 2 unspecified atom stereocenters. The highest BCUT2D eigenvalue weighted by atomic mass is 32.2. The number of halogens is 1. The van der Waals surface area contributed by atoms with Crippen molar-refractivity contribution in [3.8, 4) is 0 Å². The van der Waals surface area contributed by atoms with Gasteiger partial charge in [-0.3, -0.25) is 4.90 Å². The lowest BCUT2D eigenvalue weighted by Crippen LogP contribution is -2.41. The Balaban J connectivity index is 1.84. The van der Waals surface area contributed by atoms with Crippen LogP contribution in [0.3, 0.4) is 0 Å². The number of thioether (sulfide) groups is 1. The van der Waals surface area contributed by atoms with Gasteiger partial charge in [-0.15, -0.1) is 11.8 Å². The van der Waals surface area contributed by atoms with E-state index in [9.17, 15) is 4.39 Å². The summed E-state index contributed by atoms with van der Waals surface area (Å²) in [6.45, 7) is 5.07. The predicted molar refractivity (Wildman–Crippen MR) is 84.6 cm³/mol. The molecule has 112 valence electrons. The molecule has 0 aliphatic heterocycles. The lowest BCUT2D eigenvalue weighted by molar-refractivity contribution is 0.181. The van der Waals surface area contributed by atoms with Crippen LogP contribution in [-0.2, 0) is 0 Å². The van der Waals surface area contributed by atoms with Gasteiger partial charge in [0.25, 0.3) is 0 Å². The molecule has 0 aromatic heterocycles. The molecule has 1 aliphatic carbocycles. The lowest BCUT2D eigenvalue weighted by atomic mass is 10.0. The zero-order chi connectivity index (χ0) is 14.4. The van der Waals surface area contributed by atoms with E-state index >= 15 is 0 Å². The van der Waals surface area contributed by atoms with Crippen molar-refractivity contribution in [3.63, 3.8) is 0 Å². The molecule has 1 aliphatic rings. The van der Waals surface area contributed by atoms with E-state index in [1.54, 1.807) is 17.8 Å². The summed E-state index contributed by atoms with van der Waals surface area (Å²) in [5.41, 5.74) is 5.87. The highest BCUT2D eigenvalue weighted by Gasteiger charge is 2.30. The second-order valence-corrected chi connectivity index (χ2v) is 6.54. The van der Waals surface area contributed by atoms with Gasteiger partial charge in [0.2, 0.25) is 0 Å². The van der Waals surface area contributed by atoms with Crippen molar-refractivity contribution < 1.29 is 4.39 Å². The molecule has 1 fully saturated rings. The van der Waals surface area contributed by atoms with Crippen molar-refractivity contribution >= 4 is 11.8 Å². The zero-order valence-electron chi connectivity index (χ0n) is 12.2. The molecule has 1 aromatic carbocycles. The van der Waals surface area contributed by atoms with Crippen LogP contribution in [0.4, 0.5) is 4.39 Å². The van der Waals surface area contributed by atoms with E-state index in [0.717, 1.165) is 30.3 Å². The topological polar surface area (TPSA) is 29.3 Å². The Labute approximate surface area is 125 Å². The van der Waals surface area contributed by atoms with Crippen molar-refractivity contribution in [2.45, 2.75) is 37.1 Å². The van der Waals surface area contributed by atoms with Gasteiger partial charge in [0.1, 0.15) is 5.82 Å². The highest BCUT2D eigenvalue weighted by molar-refractivity contribution is 7.99. The van der Waals surface area contributed by atoms with E-state index in [1.165, 1.54) is 25.3 Å². The van der Waals surface area contributed by atoms with Crippen LogP contribution in [0.25, 0.3) is 0 Å². The summed E-state index contributed by atoms with van der Waals surface area (Å²) in [7, 11) is 0. The molecule has 1 saturated carbocycles. The average Bonchev–Trinajstić information content (AvgIpc) is 2.94. The summed E-state index contributed by atoms with van der Waals surface area (Å²) in [6, 6.07) is 7.65. The van der Waals surface area contributed by atoms with Crippen molar-refractivity contribution in [1.82, 2.24) is 4.90 Å². The first kappa shape index (κ1) is 15.8. The molecule has 2 atom stereocenters. The van der Waals surface area contributed by atoms with Gasteiger partial charge in [0.05, 0.1) is 0 Å². The molecule has 0 heterocycles. The third-order valence-electron chi connectivity index (χ3n) is 4.27. The first-order chi connectivity index (χ1) is 9.76. The van der Waals surface area contributed by atoms with E-state index in [4.69, 9.17) is 5.73 Å². The molecule has 1 aromatic rings. The van der Waals surface area contributed by atoms with Gasteiger partial charge in [0, 0.05) is 23.2 Å². The largest absolute Gasteiger partial charge is 0.330 e. The highest BCUT2D eigenvalue weighted by Crippen LogP contribution is 2.30. The number of rotatable bonds is 7. The average molecular weight is 296 g/mol. The normalized spacial score (nSPS) is 22.6. The molecule has 2 nitrogen and oxygen atoms in total. The maximum Gasteiger partial charge on any atom is 0.136 e. The number of hydrogen-bond acceptors (Lipinski definition) is 3. The monoisotopic (exact) mass is 296 g/mol. The van der Waals surface area contributed by atoms with Gasteiger partial charge in [-0.2, -0.15) is 0 Å². The van der Waals surface area contributed by atoms with Crippen LogP contribution >= 0.6 is 11.8 Å². The molecular formula is C16H25FN2S. The molecule has 4 heteroatoms. The van der Waals surface area contributed by atoms with E-state index in [1.807, 2.05) is 12.1 Å². The summed E-state index contributed by atoms with van der Waals surface area (Å²) in [6.07, 6.45) is 3.82. The third-order valence-corrected chi connectivity index (χ3v) is 5.30. The van der Waals surface area contributed by atoms with Crippen LogP contribution in [0, 0.1) is 11.7 Å². The maximum absolute atomic E-state index is 13.6. The van der Waals surface area contributed by atoms with Gasteiger partial charge in [-0.25, -0.2) is 4.39 Å². The zero-order valence-corrected chi connectivity index (χ0v) is 13.0. The minimum absolute atomic E-state index is 0.110. The van der Waals surface area contributed by atoms with E-state index < -0.39 is 0 Å². The fraction of sp³-hybridized carbons (Fsp3) is 0.625. The first-order valence-electron chi connectivity index (χ1n) is 7.57. The molecule has 20 heavy (non-hydrogen) atoms. The van der Waals surface area contributed by atoms with Crippen LogP contribution in [0.1, 0.15) is 26.2 Å². The molecule has 2 N–H and O–H groups in total. The maximum atomic E-state index is 13.6. The molecule has 0 spiro atoms. The van der Waals surface area contributed by atoms with Gasteiger partial charge in [-0.1, -0.05) is 25.5 Å². The minimum atomic E-state index is -0.110. The summed E-state index contributed by atoms with van der Waals surface area (Å²) in [4.78, 5) is 3.28. The van der Waals surface area contributed by atoms with Crippen LogP contribution < -0.4 is 5.73 Å². The smallest absolute Gasteiger partial charge is 0.136 e. The molecule has 0 radical (unpaired) electrons. The van der Waals surface area contributed by atoms with Crippen LogP contribution in [0.2, 0.25) is 0 Å². The third kappa shape index (κ3) is 3.96. The number of hydrogen-bond donors (Lipinski definition) is 1. The fourth-order valence-corrected chi connectivity index (χ4v) is 4.09. The van der Waals surface area contributed by atoms with Gasteiger partial charge in [0.15, 0.2) is 0 Å². The second kappa shape index (κ2) is 8.01. The summed E-state index contributed by atoms with van der Waals surface area (Å²) >= 11 is 1.61. The van der Waals surface area contributed by atoms with Gasteiger partial charge in [-0.05, 0) is 44.0 Å². The molecule has 2 rings (SSSR count). The quantitative estimate of drug-likeness (QED) is 0.782. The van der Waals surface area contributed by atoms with Crippen molar-refractivity contribution in [2.24, 2.45) is 11.7 Å². The number of nitrogens with two attached hydrogens (primary N) is 1. The Bertz CT molecular complexity index is 413. The van der Waals surface area contributed by atoms with E-state index in [2.05, 4.69) is 11.8 Å². The fourth-order valence-electron chi connectivity index (χ4n) is 3.17. The van der Waals surface area contributed by atoms with Crippen molar-refractivity contribution in [1.29, 1.82) is 0 Å². The van der Waals surface area contributed by atoms with E-state index in [0.29, 0.717) is 12.0 Å². The van der Waals surface area contributed by atoms with Crippen LogP contribution in [0.15, 0.2) is 29.2 Å². The standard InChI is InChI=1S/C16H25FN2S/c1-2-19(15-8-5-6-13(15)12-18)10-11-20-16-9-4-3-7-14(16)17/h3-4,7,9,13,15H,2,5-6,8,10-12,18H2,1H3.